The third-order valence-electron chi connectivity index (χ3n) is 1.46. The molecule has 5 nitrogen and oxygen atoms in total. The second-order valence-electron chi connectivity index (χ2n) is 2.97. The van der Waals surface area contributed by atoms with Crippen LogP contribution in [0.25, 0.3) is 0 Å². The molecule has 0 radical (unpaired) electrons. The Morgan fingerprint density at radius 3 is 2.18 bits per heavy atom. The first kappa shape index (κ1) is 16.4. The number of hydrogen-bond donors (Lipinski definition) is 0. The van der Waals surface area contributed by atoms with E-state index < -0.39 is 25.8 Å². The first-order valence-electron chi connectivity index (χ1n) is 4.77. The maximum absolute atomic E-state index is 12.5. The third kappa shape index (κ3) is 6.05. The van der Waals surface area contributed by atoms with E-state index in [2.05, 4.69) is 13.8 Å². The van der Waals surface area contributed by atoms with Gasteiger partial charge in [-0.1, -0.05) is 0 Å². The van der Waals surface area contributed by atoms with Gasteiger partial charge < -0.3 is 9.26 Å². The molecule has 0 saturated carbocycles. The highest BCUT2D eigenvalue weighted by Crippen LogP contribution is 2.47. The monoisotopic (exact) mass is 278 g/mol. The lowest BCUT2D eigenvalue weighted by molar-refractivity contribution is -0.212. The maximum Gasteiger partial charge on any atom is 0.426 e. The van der Waals surface area contributed by atoms with Gasteiger partial charge in [0.1, 0.15) is 0 Å². The molecule has 2 atom stereocenters. The van der Waals surface area contributed by atoms with Crippen molar-refractivity contribution in [3.05, 3.63) is 0 Å². The first-order chi connectivity index (χ1) is 7.64. The molecule has 0 bridgehead atoms. The van der Waals surface area contributed by atoms with Crippen LogP contribution in [0.4, 0.5) is 13.2 Å². The molecule has 0 spiro atoms. The Kier molecular flexibility index (Phi) is 6.15. The van der Waals surface area contributed by atoms with Gasteiger partial charge in [0, 0.05) is 6.66 Å². The molecule has 9 heteroatoms. The van der Waals surface area contributed by atoms with E-state index in [4.69, 9.17) is 0 Å². The minimum absolute atomic E-state index is 0.0961. The zero-order valence-electron chi connectivity index (χ0n) is 9.61. The predicted molar refractivity (Wildman–Crippen MR) is 52.7 cm³/mol. The number of halogens is 3. The van der Waals surface area contributed by atoms with Crippen molar-refractivity contribution in [1.29, 1.82) is 0 Å². The van der Waals surface area contributed by atoms with Gasteiger partial charge >= 0.3 is 19.7 Å². The van der Waals surface area contributed by atoms with Crippen molar-refractivity contribution < 1.29 is 36.3 Å². The second kappa shape index (κ2) is 6.37. The second-order valence-corrected chi connectivity index (χ2v) is 4.98. The van der Waals surface area contributed by atoms with Gasteiger partial charge in [-0.15, -0.1) is 0 Å². The molecule has 0 aliphatic carbocycles. The summed E-state index contributed by atoms with van der Waals surface area (Å²) >= 11 is 0. The van der Waals surface area contributed by atoms with Crippen LogP contribution in [0.2, 0.25) is 0 Å². The minimum atomic E-state index is -5.00. The molecule has 0 amide bonds. The number of rotatable bonds is 6. The van der Waals surface area contributed by atoms with Crippen molar-refractivity contribution >= 4 is 13.6 Å². The molecule has 17 heavy (non-hydrogen) atoms. The Morgan fingerprint density at radius 2 is 1.82 bits per heavy atom. The number of esters is 1. The van der Waals surface area contributed by atoms with Crippen LogP contribution in [-0.4, -0.2) is 38.1 Å². The van der Waals surface area contributed by atoms with Crippen molar-refractivity contribution in [2.75, 3.05) is 19.9 Å². The Balaban J connectivity index is 4.84. The van der Waals surface area contributed by atoms with Gasteiger partial charge in [-0.2, -0.15) is 13.2 Å². The Morgan fingerprint density at radius 1 is 1.29 bits per heavy atom. The van der Waals surface area contributed by atoms with E-state index in [1.54, 1.807) is 0 Å². The van der Waals surface area contributed by atoms with Gasteiger partial charge in [-0.25, -0.2) is 4.79 Å². The Bertz CT molecular complexity index is 304. The normalized spacial score (nSPS) is 17.3. The van der Waals surface area contributed by atoms with Crippen LogP contribution >= 0.6 is 7.60 Å². The van der Waals surface area contributed by atoms with Crippen LogP contribution in [0.3, 0.4) is 0 Å². The van der Waals surface area contributed by atoms with E-state index >= 15 is 0 Å². The highest BCUT2D eigenvalue weighted by atomic mass is 31.2. The average Bonchev–Trinajstić information content (AvgIpc) is 2.12. The molecule has 0 aromatic heterocycles. The Hall–Kier alpha value is -0.590. The maximum atomic E-state index is 12.5. The summed E-state index contributed by atoms with van der Waals surface area (Å²) < 4.78 is 61.7. The van der Waals surface area contributed by atoms with Gasteiger partial charge in [0.15, 0.2) is 0 Å². The number of hydrogen-bond acceptors (Lipinski definition) is 5. The number of carbonyl (C=O) groups is 1. The average molecular weight is 278 g/mol. The van der Waals surface area contributed by atoms with E-state index in [1.807, 2.05) is 0 Å². The lowest BCUT2D eigenvalue weighted by Gasteiger charge is -2.22. The van der Waals surface area contributed by atoms with Gasteiger partial charge in [-0.3, -0.25) is 9.09 Å². The summed E-state index contributed by atoms with van der Waals surface area (Å²) in [4.78, 5) is 11.0. The zero-order valence-corrected chi connectivity index (χ0v) is 10.5. The van der Waals surface area contributed by atoms with E-state index in [1.165, 1.54) is 13.8 Å². The minimum Gasteiger partial charge on any atom is -0.464 e. The summed E-state index contributed by atoms with van der Waals surface area (Å²) in [5.74, 6) is -1.64. The smallest absolute Gasteiger partial charge is 0.426 e. The van der Waals surface area contributed by atoms with Gasteiger partial charge in [-0.05, 0) is 13.8 Å². The molecule has 0 rings (SSSR count). The summed E-state index contributed by atoms with van der Waals surface area (Å²) in [7, 11) is -3.94. The molecule has 0 aromatic carbocycles. The van der Waals surface area contributed by atoms with Gasteiger partial charge in [0.2, 0.25) is 0 Å². The first-order valence-corrected chi connectivity index (χ1v) is 6.76. The summed E-state index contributed by atoms with van der Waals surface area (Å²) in [6.45, 7) is 3.30. The fraction of sp³-hybridized carbons (Fsp3) is 0.875. The lowest BCUT2D eigenvalue weighted by atomic mass is 10.3. The standard InChI is InChI=1S/C8H14F3O5P/c1-4-14-7(12)6(8(9,10)11)16-17(3,13)15-5-2/h6H,4-5H2,1-3H3/t6-,17+/m0/s1. The molecule has 0 aliphatic rings. The van der Waals surface area contributed by atoms with Crippen molar-refractivity contribution in [1.82, 2.24) is 0 Å². The highest BCUT2D eigenvalue weighted by molar-refractivity contribution is 7.53. The molecule has 0 heterocycles. The van der Waals surface area contributed by atoms with Crippen molar-refractivity contribution in [2.45, 2.75) is 26.1 Å². The molecule has 102 valence electrons. The molecule has 0 fully saturated rings. The van der Waals surface area contributed by atoms with Crippen LogP contribution in [0, 0.1) is 0 Å². The summed E-state index contributed by atoms with van der Waals surface area (Å²) in [6, 6.07) is 0. The molecular formula is C8H14F3O5P. The summed E-state index contributed by atoms with van der Waals surface area (Å²) in [5, 5.41) is 0. The molecule has 0 aliphatic heterocycles. The van der Waals surface area contributed by atoms with Crippen LogP contribution in [-0.2, 0) is 23.1 Å². The fourth-order valence-corrected chi connectivity index (χ4v) is 2.03. The topological polar surface area (TPSA) is 61.8 Å². The van der Waals surface area contributed by atoms with Crippen LogP contribution in [0.15, 0.2) is 0 Å². The van der Waals surface area contributed by atoms with Gasteiger partial charge in [0.05, 0.1) is 13.2 Å². The third-order valence-corrected chi connectivity index (χ3v) is 2.78. The number of alkyl halides is 3. The van der Waals surface area contributed by atoms with Crippen LogP contribution in [0.5, 0.6) is 0 Å². The van der Waals surface area contributed by atoms with E-state index in [9.17, 15) is 22.5 Å². The van der Waals surface area contributed by atoms with E-state index in [-0.39, 0.29) is 13.2 Å². The molecule has 0 unspecified atom stereocenters. The summed E-state index contributed by atoms with van der Waals surface area (Å²) in [6.07, 6.45) is -7.90. The zero-order chi connectivity index (χ0) is 13.7. The van der Waals surface area contributed by atoms with Gasteiger partial charge in [0.25, 0.3) is 6.10 Å². The largest absolute Gasteiger partial charge is 0.464 e. The van der Waals surface area contributed by atoms with Crippen LogP contribution < -0.4 is 0 Å². The SMILES string of the molecule is CCOC(=O)[C@H](O[P@](C)(=O)OCC)C(F)(F)F. The lowest BCUT2D eigenvalue weighted by Crippen LogP contribution is -2.39. The quantitative estimate of drug-likeness (QED) is 0.551. The van der Waals surface area contributed by atoms with Crippen molar-refractivity contribution in [3.63, 3.8) is 0 Å². The fourth-order valence-electron chi connectivity index (χ4n) is 0.911. The number of ether oxygens (including phenoxy) is 1. The van der Waals surface area contributed by atoms with Crippen molar-refractivity contribution in [3.8, 4) is 0 Å². The Labute approximate surface area is 96.8 Å². The molecular weight excluding hydrogens is 264 g/mol. The highest BCUT2D eigenvalue weighted by Gasteiger charge is 2.50. The van der Waals surface area contributed by atoms with Crippen LogP contribution in [0.1, 0.15) is 13.8 Å². The van der Waals surface area contributed by atoms with E-state index in [0.717, 1.165) is 6.66 Å². The molecule has 0 saturated heterocycles. The number of carbonyl (C=O) groups excluding carboxylic acids is 1. The molecule has 0 N–H and O–H groups in total. The summed E-state index contributed by atoms with van der Waals surface area (Å²) in [5.41, 5.74) is 0. The predicted octanol–water partition coefficient (Wildman–Crippen LogP) is 2.36. The van der Waals surface area contributed by atoms with Crippen molar-refractivity contribution in [2.24, 2.45) is 0 Å². The molecule has 0 aromatic rings. The van der Waals surface area contributed by atoms with E-state index in [0.29, 0.717) is 0 Å².